The van der Waals surface area contributed by atoms with Crippen LogP contribution in [0.1, 0.15) is 0 Å². The summed E-state index contributed by atoms with van der Waals surface area (Å²) in [6.45, 7) is 0. The average molecular weight is 312 g/mol. The number of rotatable bonds is 2. The second-order valence-electron chi connectivity index (χ2n) is 4.92. The Morgan fingerprint density at radius 2 is 1.78 bits per heavy atom. The number of hydrogen-bond donors (Lipinski definition) is 1. The largest absolute Gasteiger partial charge is 0.396 e. The average Bonchev–Trinajstić information content (AvgIpc) is 3.19. The van der Waals surface area contributed by atoms with Crippen LogP contribution in [0.2, 0.25) is 0 Å². The van der Waals surface area contributed by atoms with Gasteiger partial charge in [0.1, 0.15) is 12.1 Å². The maximum Gasteiger partial charge on any atom is 0.200 e. The molecule has 0 aliphatic rings. The van der Waals surface area contributed by atoms with Crippen molar-refractivity contribution in [1.82, 2.24) is 24.4 Å². The summed E-state index contributed by atoms with van der Waals surface area (Å²) in [5.74, 6) is -0.932. The molecule has 0 bridgehead atoms. The van der Waals surface area contributed by atoms with Gasteiger partial charge in [0.05, 0.1) is 29.2 Å². The molecule has 4 rings (SSSR count). The molecule has 8 heteroatoms. The van der Waals surface area contributed by atoms with E-state index in [1.807, 2.05) is 0 Å². The van der Waals surface area contributed by atoms with Crippen molar-refractivity contribution < 1.29 is 8.78 Å². The first-order chi connectivity index (χ1) is 11.1. The number of nitrogens with zero attached hydrogens (tertiary/aromatic N) is 5. The fraction of sp³-hybridized carbons (Fsp3) is 0. The zero-order valence-corrected chi connectivity index (χ0v) is 11.7. The van der Waals surface area contributed by atoms with Crippen molar-refractivity contribution in [2.45, 2.75) is 0 Å². The van der Waals surface area contributed by atoms with Gasteiger partial charge in [0.2, 0.25) is 0 Å². The predicted octanol–water partition coefficient (Wildman–Crippen LogP) is 2.44. The number of anilines is 1. The summed E-state index contributed by atoms with van der Waals surface area (Å²) >= 11 is 0. The number of hydrogen-bond acceptors (Lipinski definition) is 4. The Morgan fingerprint density at radius 1 is 1.00 bits per heavy atom. The van der Waals surface area contributed by atoms with Crippen molar-refractivity contribution in [3.05, 3.63) is 60.8 Å². The first kappa shape index (κ1) is 13.4. The van der Waals surface area contributed by atoms with Crippen LogP contribution in [-0.2, 0) is 0 Å². The summed E-state index contributed by atoms with van der Waals surface area (Å²) in [4.78, 5) is 5.60. The van der Waals surface area contributed by atoms with Crippen molar-refractivity contribution in [2.24, 2.45) is 0 Å². The zero-order valence-electron chi connectivity index (χ0n) is 11.7. The highest BCUT2D eigenvalue weighted by Gasteiger charge is 2.16. The van der Waals surface area contributed by atoms with Crippen molar-refractivity contribution in [3.63, 3.8) is 0 Å². The van der Waals surface area contributed by atoms with Crippen LogP contribution < -0.4 is 5.73 Å². The molecule has 0 radical (unpaired) electrons. The number of benzene rings is 1. The number of pyridine rings is 1. The molecule has 0 saturated heterocycles. The lowest BCUT2D eigenvalue weighted by Gasteiger charge is -2.08. The minimum atomic E-state index is -0.779. The highest BCUT2D eigenvalue weighted by molar-refractivity contribution is 5.72. The maximum absolute atomic E-state index is 14.2. The second-order valence-corrected chi connectivity index (χ2v) is 4.92. The summed E-state index contributed by atoms with van der Waals surface area (Å²) in [6, 6.07) is 5.64. The molecule has 0 aliphatic carbocycles. The number of nitrogens with two attached hydrogens (primary N) is 1. The highest BCUT2D eigenvalue weighted by Crippen LogP contribution is 2.30. The summed E-state index contributed by atoms with van der Waals surface area (Å²) in [5, 5.41) is 8.04. The molecule has 0 unspecified atom stereocenters. The van der Waals surface area contributed by atoms with E-state index >= 15 is 0 Å². The number of aromatic nitrogens is 5. The van der Waals surface area contributed by atoms with Gasteiger partial charge in [0, 0.05) is 11.8 Å². The summed E-state index contributed by atoms with van der Waals surface area (Å²) in [6.07, 6.45) is 6.18. The van der Waals surface area contributed by atoms with Crippen LogP contribution in [0.3, 0.4) is 0 Å². The molecule has 114 valence electrons. The Balaban J connectivity index is 1.90. The lowest BCUT2D eigenvalue weighted by molar-refractivity contribution is 0.592. The second kappa shape index (κ2) is 4.87. The fourth-order valence-corrected chi connectivity index (χ4v) is 2.45. The monoisotopic (exact) mass is 312 g/mol. The molecule has 4 aromatic rings. The normalized spacial score (nSPS) is 11.2. The standard InChI is InChI=1S/C15H10F2N6/c16-10-2-3-11(18)14(17)13(10)9-1-4-12-15(19-8-22(12)7-9)23-20-5-6-21-23/h1-8H,18H2. The zero-order chi connectivity index (χ0) is 16.0. The van der Waals surface area contributed by atoms with Gasteiger partial charge >= 0.3 is 0 Å². The van der Waals surface area contributed by atoms with Crippen LogP contribution in [0.5, 0.6) is 0 Å². The first-order valence-corrected chi connectivity index (χ1v) is 6.72. The lowest BCUT2D eigenvalue weighted by Crippen LogP contribution is -2.00. The van der Waals surface area contributed by atoms with Gasteiger partial charge in [-0.15, -0.1) is 4.80 Å². The molecule has 3 heterocycles. The smallest absolute Gasteiger partial charge is 0.200 e. The lowest BCUT2D eigenvalue weighted by atomic mass is 10.1. The summed E-state index contributed by atoms with van der Waals surface area (Å²) in [7, 11) is 0. The molecule has 0 atom stereocenters. The van der Waals surface area contributed by atoms with Crippen LogP contribution >= 0.6 is 0 Å². The first-order valence-electron chi connectivity index (χ1n) is 6.72. The van der Waals surface area contributed by atoms with E-state index in [2.05, 4.69) is 15.2 Å². The minimum Gasteiger partial charge on any atom is -0.396 e. The SMILES string of the molecule is Nc1ccc(F)c(-c2ccc3c(-n4nccn4)ncn3c2)c1F. The van der Waals surface area contributed by atoms with Gasteiger partial charge in [-0.1, -0.05) is 6.07 Å². The Hall–Kier alpha value is -3.29. The molecule has 1 aromatic carbocycles. The van der Waals surface area contributed by atoms with E-state index < -0.39 is 11.6 Å². The quantitative estimate of drug-likeness (QED) is 0.577. The van der Waals surface area contributed by atoms with E-state index in [0.717, 1.165) is 6.07 Å². The van der Waals surface area contributed by atoms with Gasteiger partial charge in [-0.2, -0.15) is 10.2 Å². The topological polar surface area (TPSA) is 74.0 Å². The molecule has 23 heavy (non-hydrogen) atoms. The Bertz CT molecular complexity index is 1010. The molecule has 0 fully saturated rings. The predicted molar refractivity (Wildman–Crippen MR) is 79.9 cm³/mol. The number of imidazole rings is 1. The number of nitrogen functional groups attached to an aromatic ring is 1. The Kier molecular flexibility index (Phi) is 2.83. The van der Waals surface area contributed by atoms with Crippen molar-refractivity contribution >= 4 is 11.2 Å². The van der Waals surface area contributed by atoms with Crippen molar-refractivity contribution in [1.29, 1.82) is 0 Å². The molecule has 0 amide bonds. The van der Waals surface area contributed by atoms with Gasteiger partial charge < -0.3 is 10.1 Å². The van der Waals surface area contributed by atoms with Gasteiger partial charge in [0.15, 0.2) is 11.6 Å². The highest BCUT2D eigenvalue weighted by atomic mass is 19.1. The van der Waals surface area contributed by atoms with Crippen LogP contribution in [0.25, 0.3) is 22.5 Å². The van der Waals surface area contributed by atoms with E-state index in [1.165, 1.54) is 29.6 Å². The molecule has 2 N–H and O–H groups in total. The van der Waals surface area contributed by atoms with Crippen LogP contribution in [0, 0.1) is 11.6 Å². The Morgan fingerprint density at radius 3 is 2.57 bits per heavy atom. The Labute approximate surface area is 128 Å². The van der Waals surface area contributed by atoms with Crippen LogP contribution in [0.4, 0.5) is 14.5 Å². The molecule has 0 saturated carbocycles. The molecule has 3 aromatic heterocycles. The van der Waals surface area contributed by atoms with Crippen molar-refractivity contribution in [3.8, 4) is 16.9 Å². The molecular weight excluding hydrogens is 302 g/mol. The number of fused-ring (bicyclic) bond motifs is 1. The summed E-state index contributed by atoms with van der Waals surface area (Å²) in [5.41, 5.74) is 6.32. The minimum absolute atomic E-state index is 0.103. The van der Waals surface area contributed by atoms with Gasteiger partial charge in [-0.05, 0) is 18.2 Å². The van der Waals surface area contributed by atoms with Gasteiger partial charge in [-0.25, -0.2) is 13.8 Å². The van der Waals surface area contributed by atoms with Crippen molar-refractivity contribution in [2.75, 3.05) is 5.73 Å². The van der Waals surface area contributed by atoms with Gasteiger partial charge in [0.25, 0.3) is 0 Å². The van der Waals surface area contributed by atoms with E-state index in [0.29, 0.717) is 16.9 Å². The third kappa shape index (κ3) is 2.03. The molecule has 0 aliphatic heterocycles. The van der Waals surface area contributed by atoms with E-state index in [4.69, 9.17) is 5.73 Å². The van der Waals surface area contributed by atoms with Crippen LogP contribution in [0.15, 0.2) is 49.2 Å². The third-order valence-corrected chi connectivity index (χ3v) is 3.53. The van der Waals surface area contributed by atoms with Crippen LogP contribution in [-0.4, -0.2) is 24.4 Å². The molecule has 6 nitrogen and oxygen atoms in total. The van der Waals surface area contributed by atoms with E-state index in [9.17, 15) is 8.78 Å². The number of halogens is 2. The maximum atomic E-state index is 14.2. The molecule has 0 spiro atoms. The molecular formula is C15H10F2N6. The summed E-state index contributed by atoms with van der Waals surface area (Å²) < 4.78 is 29.8. The third-order valence-electron chi connectivity index (χ3n) is 3.53. The van der Waals surface area contributed by atoms with E-state index in [-0.39, 0.29) is 11.3 Å². The fourth-order valence-electron chi connectivity index (χ4n) is 2.45. The van der Waals surface area contributed by atoms with E-state index in [1.54, 1.807) is 22.7 Å². The van der Waals surface area contributed by atoms with Gasteiger partial charge in [-0.3, -0.25) is 0 Å².